The van der Waals surface area contributed by atoms with Crippen LogP contribution >= 0.6 is 0 Å². The van der Waals surface area contributed by atoms with Crippen molar-refractivity contribution in [2.45, 2.75) is 28.2 Å². The van der Waals surface area contributed by atoms with Crippen LogP contribution in [0.4, 0.5) is 17.6 Å². The van der Waals surface area contributed by atoms with Crippen molar-refractivity contribution in [2.75, 3.05) is 0 Å². The van der Waals surface area contributed by atoms with Gasteiger partial charge in [-0.25, -0.2) is 26.0 Å². The fourth-order valence-corrected chi connectivity index (χ4v) is 3.25. The summed E-state index contributed by atoms with van der Waals surface area (Å²) in [4.78, 5) is 0.0527. The molecular weight excluding hydrogens is 360 g/mol. The van der Waals surface area contributed by atoms with E-state index in [1.165, 1.54) is 36.4 Å². The number of halogens is 4. The van der Waals surface area contributed by atoms with E-state index in [1.54, 1.807) is 18.2 Å². The van der Waals surface area contributed by atoms with Crippen LogP contribution in [0.1, 0.15) is 5.56 Å². The third-order valence-corrected chi connectivity index (χ3v) is 5.27. The lowest BCUT2D eigenvalue weighted by Crippen LogP contribution is -2.42. The summed E-state index contributed by atoms with van der Waals surface area (Å²) in [5, 5.41) is 9.28. The van der Waals surface area contributed by atoms with Crippen LogP contribution in [0.5, 0.6) is 0 Å². The SMILES string of the molecule is O=S(=O)(c1ccccc1)c1ccc(/C=C/C(O)(C(F)F)C(F)F)cc1. The zero-order chi connectivity index (χ0) is 18.7. The average Bonchev–Trinajstić information content (AvgIpc) is 2.60. The fourth-order valence-electron chi connectivity index (χ4n) is 1.96. The number of benzene rings is 2. The van der Waals surface area contributed by atoms with Crippen molar-refractivity contribution in [3.8, 4) is 0 Å². The number of aliphatic hydroxyl groups is 1. The maximum atomic E-state index is 12.6. The maximum absolute atomic E-state index is 12.6. The van der Waals surface area contributed by atoms with E-state index in [-0.39, 0.29) is 15.4 Å². The third kappa shape index (κ3) is 4.08. The minimum Gasteiger partial charge on any atom is -0.375 e. The molecule has 2 rings (SSSR count). The second kappa shape index (κ2) is 7.37. The third-order valence-electron chi connectivity index (χ3n) is 3.49. The number of alkyl halides is 4. The van der Waals surface area contributed by atoms with Crippen molar-refractivity contribution >= 4 is 15.9 Å². The molecule has 1 N–H and O–H groups in total. The van der Waals surface area contributed by atoms with Crippen molar-refractivity contribution in [1.82, 2.24) is 0 Å². The fraction of sp³-hybridized carbons (Fsp3) is 0.176. The zero-order valence-electron chi connectivity index (χ0n) is 12.7. The molecule has 0 saturated carbocycles. The van der Waals surface area contributed by atoms with Crippen molar-refractivity contribution in [3.05, 3.63) is 66.2 Å². The Morgan fingerprint density at radius 1 is 0.840 bits per heavy atom. The van der Waals surface area contributed by atoms with Crippen LogP contribution in [0, 0.1) is 0 Å². The van der Waals surface area contributed by atoms with Crippen LogP contribution in [0.25, 0.3) is 6.08 Å². The molecule has 0 atom stereocenters. The molecule has 2 aromatic carbocycles. The minimum atomic E-state index is -3.74. The molecular formula is C17H14F4O3S. The summed E-state index contributed by atoms with van der Waals surface area (Å²) < 4.78 is 75.1. The van der Waals surface area contributed by atoms with Gasteiger partial charge in [-0.15, -0.1) is 0 Å². The lowest BCUT2D eigenvalue weighted by atomic mass is 10.0. The highest BCUT2D eigenvalue weighted by molar-refractivity contribution is 7.91. The molecule has 0 heterocycles. The first-order valence-corrected chi connectivity index (χ1v) is 8.54. The Kier molecular flexibility index (Phi) is 5.64. The van der Waals surface area contributed by atoms with Crippen molar-refractivity contribution in [1.29, 1.82) is 0 Å². The van der Waals surface area contributed by atoms with Gasteiger partial charge in [0.2, 0.25) is 15.4 Å². The van der Waals surface area contributed by atoms with Crippen molar-refractivity contribution in [2.24, 2.45) is 0 Å². The van der Waals surface area contributed by atoms with E-state index in [0.29, 0.717) is 6.08 Å². The molecule has 0 amide bonds. The molecule has 0 aliphatic heterocycles. The molecule has 134 valence electrons. The lowest BCUT2D eigenvalue weighted by Gasteiger charge is -2.22. The normalized spacial score (nSPS) is 13.1. The van der Waals surface area contributed by atoms with Crippen LogP contribution in [0.15, 0.2) is 70.5 Å². The summed E-state index contributed by atoms with van der Waals surface area (Å²) in [6, 6.07) is 12.6. The van der Waals surface area contributed by atoms with Gasteiger partial charge < -0.3 is 5.11 Å². The standard InChI is InChI=1S/C17H14F4O3S/c18-15(19)17(22,16(20)21)11-10-12-6-8-14(9-7-12)25(23,24)13-4-2-1-3-5-13/h1-11,15-16,22H/b11-10+. The molecule has 2 aromatic rings. The molecule has 0 radical (unpaired) electrons. The molecule has 0 fully saturated rings. The Morgan fingerprint density at radius 2 is 1.32 bits per heavy atom. The molecule has 0 aliphatic rings. The van der Waals surface area contributed by atoms with Gasteiger partial charge in [0.1, 0.15) is 0 Å². The monoisotopic (exact) mass is 374 g/mol. The second-order valence-corrected chi connectivity index (χ2v) is 7.16. The smallest absolute Gasteiger partial charge is 0.276 e. The predicted octanol–water partition coefficient (Wildman–Crippen LogP) is 3.79. The highest BCUT2D eigenvalue weighted by atomic mass is 32.2. The van der Waals surface area contributed by atoms with E-state index >= 15 is 0 Å². The zero-order valence-corrected chi connectivity index (χ0v) is 13.5. The number of hydrogen-bond donors (Lipinski definition) is 1. The first kappa shape index (κ1) is 19.1. The number of rotatable bonds is 6. The van der Waals surface area contributed by atoms with E-state index in [1.807, 2.05) is 0 Å². The summed E-state index contributed by atoms with van der Waals surface area (Å²) in [5.41, 5.74) is -3.37. The Balaban J connectivity index is 2.28. The molecule has 0 bridgehead atoms. The number of sulfone groups is 1. The van der Waals surface area contributed by atoms with Gasteiger partial charge in [0.05, 0.1) is 9.79 Å². The van der Waals surface area contributed by atoms with E-state index in [9.17, 15) is 31.1 Å². The first-order valence-electron chi connectivity index (χ1n) is 7.06. The molecule has 0 unspecified atom stereocenters. The van der Waals surface area contributed by atoms with Gasteiger partial charge in [-0.1, -0.05) is 36.4 Å². The minimum absolute atomic E-state index is 0.0335. The summed E-state index contributed by atoms with van der Waals surface area (Å²) in [5.74, 6) is 0. The van der Waals surface area contributed by atoms with Gasteiger partial charge in [-0.3, -0.25) is 0 Å². The van der Waals surface area contributed by atoms with Crippen LogP contribution in [0.2, 0.25) is 0 Å². The van der Waals surface area contributed by atoms with Crippen LogP contribution in [-0.2, 0) is 9.84 Å². The Morgan fingerprint density at radius 3 is 1.80 bits per heavy atom. The van der Waals surface area contributed by atoms with Gasteiger partial charge in [0.25, 0.3) is 12.9 Å². The van der Waals surface area contributed by atoms with Crippen molar-refractivity contribution < 1.29 is 31.1 Å². The van der Waals surface area contributed by atoms with Gasteiger partial charge in [-0.2, -0.15) is 0 Å². The van der Waals surface area contributed by atoms with Gasteiger partial charge >= 0.3 is 0 Å². The largest absolute Gasteiger partial charge is 0.375 e. The Bertz CT molecular complexity index is 824. The van der Waals surface area contributed by atoms with Gasteiger partial charge in [0.15, 0.2) is 0 Å². The summed E-state index contributed by atoms with van der Waals surface area (Å²) in [7, 11) is -3.74. The topological polar surface area (TPSA) is 54.4 Å². The van der Waals surface area contributed by atoms with Crippen LogP contribution in [-0.4, -0.2) is 32.0 Å². The lowest BCUT2D eigenvalue weighted by molar-refractivity contribution is -0.144. The molecule has 0 spiro atoms. The average molecular weight is 374 g/mol. The van der Waals surface area contributed by atoms with Crippen LogP contribution < -0.4 is 0 Å². The molecule has 25 heavy (non-hydrogen) atoms. The first-order chi connectivity index (χ1) is 11.7. The molecule has 0 saturated heterocycles. The molecule has 0 aliphatic carbocycles. The Hall–Kier alpha value is -2.19. The summed E-state index contributed by atoms with van der Waals surface area (Å²) >= 11 is 0. The molecule has 8 heteroatoms. The number of hydrogen-bond acceptors (Lipinski definition) is 3. The van der Waals surface area contributed by atoms with Gasteiger partial charge in [-0.05, 0) is 35.9 Å². The highest BCUT2D eigenvalue weighted by Crippen LogP contribution is 2.27. The van der Waals surface area contributed by atoms with E-state index < -0.39 is 28.3 Å². The van der Waals surface area contributed by atoms with E-state index in [4.69, 9.17) is 0 Å². The van der Waals surface area contributed by atoms with Crippen LogP contribution in [0.3, 0.4) is 0 Å². The van der Waals surface area contributed by atoms with E-state index in [0.717, 1.165) is 6.08 Å². The summed E-state index contributed by atoms with van der Waals surface area (Å²) in [6.45, 7) is 0. The highest BCUT2D eigenvalue weighted by Gasteiger charge is 2.44. The van der Waals surface area contributed by atoms with Crippen molar-refractivity contribution in [3.63, 3.8) is 0 Å². The van der Waals surface area contributed by atoms with Gasteiger partial charge in [0, 0.05) is 0 Å². The quantitative estimate of drug-likeness (QED) is 0.783. The predicted molar refractivity (Wildman–Crippen MR) is 84.3 cm³/mol. The molecule has 3 nitrogen and oxygen atoms in total. The second-order valence-electron chi connectivity index (χ2n) is 5.21. The summed E-state index contributed by atoms with van der Waals surface area (Å²) in [6.07, 6.45) is -6.14. The van der Waals surface area contributed by atoms with E-state index in [2.05, 4.69) is 0 Å². The Labute approximate surface area is 142 Å². The maximum Gasteiger partial charge on any atom is 0.276 e. The molecule has 0 aromatic heterocycles.